The van der Waals surface area contributed by atoms with Crippen molar-refractivity contribution in [3.05, 3.63) is 29.0 Å². The zero-order chi connectivity index (χ0) is 12.8. The topological polar surface area (TPSA) is 50.7 Å². The standard InChI is InChI=1S/C10H9Cl2FN2O2/c1-2-8(10(16)17-12)14-15-9-4-3-6(13)5-7(9)11/h3-5,15H,2H2,1H3/b14-8-. The van der Waals surface area contributed by atoms with Gasteiger partial charge in [-0.2, -0.15) is 5.10 Å². The van der Waals surface area contributed by atoms with E-state index in [9.17, 15) is 9.18 Å². The Morgan fingerprint density at radius 3 is 2.82 bits per heavy atom. The molecule has 0 aliphatic rings. The summed E-state index contributed by atoms with van der Waals surface area (Å²) in [4.78, 5) is 11.1. The zero-order valence-corrected chi connectivity index (χ0v) is 10.3. The number of nitrogens with zero attached hydrogens (tertiary/aromatic N) is 1. The third kappa shape index (κ3) is 3.87. The second-order valence-corrected chi connectivity index (χ2v) is 3.57. The number of hydrogen-bond acceptors (Lipinski definition) is 4. The first kappa shape index (κ1) is 13.7. The third-order valence-electron chi connectivity index (χ3n) is 1.88. The minimum absolute atomic E-state index is 0.0976. The predicted molar refractivity (Wildman–Crippen MR) is 64.7 cm³/mol. The Kier molecular flexibility index (Phi) is 5.18. The molecule has 17 heavy (non-hydrogen) atoms. The van der Waals surface area contributed by atoms with E-state index in [2.05, 4.69) is 14.8 Å². The monoisotopic (exact) mass is 278 g/mol. The van der Waals surface area contributed by atoms with E-state index in [4.69, 9.17) is 23.5 Å². The fourth-order valence-electron chi connectivity index (χ4n) is 1.02. The van der Waals surface area contributed by atoms with Crippen molar-refractivity contribution in [1.82, 2.24) is 0 Å². The number of hydrogen-bond donors (Lipinski definition) is 1. The molecule has 0 amide bonds. The van der Waals surface area contributed by atoms with Crippen LogP contribution in [0.25, 0.3) is 0 Å². The highest BCUT2D eigenvalue weighted by Crippen LogP contribution is 2.22. The maximum absolute atomic E-state index is 12.8. The van der Waals surface area contributed by atoms with Crippen LogP contribution in [0.2, 0.25) is 5.02 Å². The Bertz CT molecular complexity index is 452. The average molecular weight is 279 g/mol. The molecule has 0 saturated heterocycles. The first-order valence-electron chi connectivity index (χ1n) is 4.69. The number of halogens is 3. The molecule has 0 atom stereocenters. The van der Waals surface area contributed by atoms with Gasteiger partial charge in [0.05, 0.1) is 10.7 Å². The van der Waals surface area contributed by atoms with Crippen molar-refractivity contribution >= 4 is 40.8 Å². The van der Waals surface area contributed by atoms with Crippen LogP contribution in [0.5, 0.6) is 0 Å². The van der Waals surface area contributed by atoms with Crippen LogP contribution in [-0.4, -0.2) is 11.7 Å². The van der Waals surface area contributed by atoms with Crippen molar-refractivity contribution in [2.75, 3.05) is 5.43 Å². The van der Waals surface area contributed by atoms with Crippen molar-refractivity contribution in [3.8, 4) is 0 Å². The largest absolute Gasteiger partial charge is 0.372 e. The fraction of sp³-hybridized carbons (Fsp3) is 0.200. The molecule has 0 saturated carbocycles. The molecule has 0 radical (unpaired) electrons. The predicted octanol–water partition coefficient (Wildman–Crippen LogP) is 3.35. The van der Waals surface area contributed by atoms with Gasteiger partial charge in [0.2, 0.25) is 0 Å². The average Bonchev–Trinajstić information content (AvgIpc) is 2.31. The van der Waals surface area contributed by atoms with Crippen LogP contribution in [0.4, 0.5) is 10.1 Å². The molecule has 1 aromatic carbocycles. The number of carbonyl (C=O) groups is 1. The molecule has 0 aromatic heterocycles. The van der Waals surface area contributed by atoms with E-state index in [0.29, 0.717) is 12.1 Å². The van der Waals surface area contributed by atoms with E-state index < -0.39 is 11.8 Å². The number of rotatable bonds is 4. The van der Waals surface area contributed by atoms with Crippen molar-refractivity contribution in [2.45, 2.75) is 13.3 Å². The Labute approximate surface area is 108 Å². The maximum atomic E-state index is 12.8. The molecule has 0 bridgehead atoms. The van der Waals surface area contributed by atoms with Crippen molar-refractivity contribution < 1.29 is 13.5 Å². The molecular weight excluding hydrogens is 270 g/mol. The summed E-state index contributed by atoms with van der Waals surface area (Å²) >= 11 is 10.7. The lowest BCUT2D eigenvalue weighted by molar-refractivity contribution is -0.126. The normalized spacial score (nSPS) is 11.2. The zero-order valence-electron chi connectivity index (χ0n) is 8.84. The SMILES string of the molecule is CC/C(=N/Nc1ccc(F)cc1Cl)C(=O)OCl. The van der Waals surface area contributed by atoms with Gasteiger partial charge < -0.3 is 4.29 Å². The Balaban J connectivity index is 2.84. The summed E-state index contributed by atoms with van der Waals surface area (Å²) in [6.07, 6.45) is 0.331. The van der Waals surface area contributed by atoms with Crippen molar-refractivity contribution in [1.29, 1.82) is 0 Å². The van der Waals surface area contributed by atoms with E-state index in [0.717, 1.165) is 6.07 Å². The molecule has 92 valence electrons. The lowest BCUT2D eigenvalue weighted by Crippen LogP contribution is -2.14. The molecule has 0 fully saturated rings. The smallest absolute Gasteiger partial charge is 0.342 e. The van der Waals surface area contributed by atoms with Gasteiger partial charge >= 0.3 is 5.97 Å². The van der Waals surface area contributed by atoms with Gasteiger partial charge in [-0.15, -0.1) is 0 Å². The Hall–Kier alpha value is -1.33. The molecule has 0 aliphatic heterocycles. The Morgan fingerprint density at radius 1 is 1.59 bits per heavy atom. The lowest BCUT2D eigenvalue weighted by atomic mass is 10.3. The number of anilines is 1. The summed E-state index contributed by atoms with van der Waals surface area (Å²) in [6, 6.07) is 3.75. The van der Waals surface area contributed by atoms with Gasteiger partial charge in [-0.3, -0.25) is 5.43 Å². The fourth-order valence-corrected chi connectivity index (χ4v) is 1.32. The van der Waals surface area contributed by atoms with Gasteiger partial charge in [-0.1, -0.05) is 18.5 Å². The summed E-state index contributed by atoms with van der Waals surface area (Å²) in [6.45, 7) is 1.71. The second kappa shape index (κ2) is 6.42. The van der Waals surface area contributed by atoms with Crippen molar-refractivity contribution in [3.63, 3.8) is 0 Å². The minimum atomic E-state index is -0.750. The summed E-state index contributed by atoms with van der Waals surface area (Å²) in [5.74, 6) is -1.21. The highest BCUT2D eigenvalue weighted by Gasteiger charge is 2.10. The van der Waals surface area contributed by atoms with Crippen LogP contribution >= 0.6 is 23.5 Å². The molecule has 0 heterocycles. The number of hydrazone groups is 1. The summed E-state index contributed by atoms with van der Waals surface area (Å²) in [7, 11) is 0. The van der Waals surface area contributed by atoms with Crippen LogP contribution < -0.4 is 5.43 Å². The minimum Gasteiger partial charge on any atom is -0.342 e. The molecule has 0 aliphatic carbocycles. The van der Waals surface area contributed by atoms with Gasteiger partial charge in [0.15, 0.2) is 0 Å². The van der Waals surface area contributed by atoms with Gasteiger partial charge in [0.1, 0.15) is 23.4 Å². The maximum Gasteiger partial charge on any atom is 0.372 e. The van der Waals surface area contributed by atoms with E-state index in [1.807, 2.05) is 0 Å². The van der Waals surface area contributed by atoms with Crippen LogP contribution in [0.15, 0.2) is 23.3 Å². The summed E-state index contributed by atoms with van der Waals surface area (Å²) < 4.78 is 16.8. The van der Waals surface area contributed by atoms with Crippen LogP contribution in [0.3, 0.4) is 0 Å². The van der Waals surface area contributed by atoms with Crippen LogP contribution in [0.1, 0.15) is 13.3 Å². The van der Waals surface area contributed by atoms with Gasteiger partial charge in [0.25, 0.3) is 0 Å². The lowest BCUT2D eigenvalue weighted by Gasteiger charge is -2.04. The molecule has 1 aromatic rings. The van der Waals surface area contributed by atoms with E-state index >= 15 is 0 Å². The molecule has 0 unspecified atom stereocenters. The van der Waals surface area contributed by atoms with Gasteiger partial charge in [-0.25, -0.2) is 9.18 Å². The molecule has 1 N–H and O–H groups in total. The van der Waals surface area contributed by atoms with Crippen molar-refractivity contribution in [2.24, 2.45) is 5.10 Å². The molecule has 1 rings (SSSR count). The number of nitrogens with one attached hydrogen (secondary N) is 1. The first-order valence-corrected chi connectivity index (χ1v) is 5.37. The van der Waals surface area contributed by atoms with E-state index in [1.54, 1.807) is 6.92 Å². The van der Waals surface area contributed by atoms with Gasteiger partial charge in [0, 0.05) is 0 Å². The quantitative estimate of drug-likeness (QED) is 0.679. The molecule has 4 nitrogen and oxygen atoms in total. The van der Waals surface area contributed by atoms with E-state index in [1.165, 1.54) is 12.1 Å². The molecule has 7 heteroatoms. The van der Waals surface area contributed by atoms with Crippen LogP contribution in [-0.2, 0) is 9.08 Å². The molecule has 0 spiro atoms. The molecular formula is C10H9Cl2FN2O2. The summed E-state index contributed by atoms with van der Waals surface area (Å²) in [5, 5.41) is 3.93. The highest BCUT2D eigenvalue weighted by molar-refractivity contribution is 6.40. The van der Waals surface area contributed by atoms with Gasteiger partial charge in [-0.05, 0) is 24.6 Å². The van der Waals surface area contributed by atoms with Crippen LogP contribution in [0, 0.1) is 5.82 Å². The third-order valence-corrected chi connectivity index (χ3v) is 2.34. The summed E-state index contributed by atoms with van der Waals surface area (Å²) in [5.41, 5.74) is 3.01. The van der Waals surface area contributed by atoms with E-state index in [-0.39, 0.29) is 10.7 Å². The number of carbonyl (C=O) groups excluding carboxylic acids is 1. The second-order valence-electron chi connectivity index (χ2n) is 3.01. The first-order chi connectivity index (χ1) is 8.08. The Morgan fingerprint density at radius 2 is 2.29 bits per heavy atom. The number of benzene rings is 1. The highest BCUT2D eigenvalue weighted by atomic mass is 35.5.